The third-order valence-corrected chi connectivity index (χ3v) is 4.92. The number of aromatic nitrogens is 1. The maximum Gasteiger partial charge on any atom is 0.227 e. The minimum Gasteiger partial charge on any atom is -0.436 e. The summed E-state index contributed by atoms with van der Waals surface area (Å²) in [6, 6.07) is 13.8. The number of hydrogen-bond acceptors (Lipinski definition) is 4. The van der Waals surface area contributed by atoms with Crippen molar-refractivity contribution < 1.29 is 9.21 Å². The summed E-state index contributed by atoms with van der Waals surface area (Å²) in [4.78, 5) is 16.2. The van der Waals surface area contributed by atoms with E-state index in [1.165, 1.54) is 5.56 Å². The quantitative estimate of drug-likeness (QED) is 0.530. The minimum absolute atomic E-state index is 0.0835. The summed E-state index contributed by atoms with van der Waals surface area (Å²) < 4.78 is 5.91. The first-order chi connectivity index (χ1) is 13.5. The maximum atomic E-state index is 11.6. The second-order valence-corrected chi connectivity index (χ2v) is 7.29. The number of fused-ring (bicyclic) bond motifs is 1. The number of carbonyl (C=O) groups is 1. The van der Waals surface area contributed by atoms with Crippen molar-refractivity contribution in [2.24, 2.45) is 0 Å². The fourth-order valence-electron chi connectivity index (χ4n) is 2.88. The molecule has 0 spiro atoms. The van der Waals surface area contributed by atoms with Crippen molar-refractivity contribution >= 4 is 40.0 Å². The SMILES string of the molecule is CCCC(=O)NC(=S)Nc1ccc(-c2nc3cc([C@H](C)CC)ccc3o2)cc1. The summed E-state index contributed by atoms with van der Waals surface area (Å²) in [5, 5.41) is 5.97. The van der Waals surface area contributed by atoms with Crippen LogP contribution in [0.4, 0.5) is 5.69 Å². The molecule has 0 aliphatic rings. The predicted octanol–water partition coefficient (Wildman–Crippen LogP) is 5.62. The van der Waals surface area contributed by atoms with E-state index < -0.39 is 0 Å². The molecule has 0 radical (unpaired) electrons. The van der Waals surface area contributed by atoms with Gasteiger partial charge >= 0.3 is 0 Å². The van der Waals surface area contributed by atoms with Crippen LogP contribution in [0.25, 0.3) is 22.6 Å². The largest absolute Gasteiger partial charge is 0.436 e. The zero-order chi connectivity index (χ0) is 20.1. The average molecular weight is 396 g/mol. The molecule has 6 heteroatoms. The third kappa shape index (κ3) is 4.75. The van der Waals surface area contributed by atoms with E-state index in [1.807, 2.05) is 37.3 Å². The van der Waals surface area contributed by atoms with Gasteiger partial charge in [0.2, 0.25) is 11.8 Å². The van der Waals surface area contributed by atoms with Gasteiger partial charge < -0.3 is 15.1 Å². The van der Waals surface area contributed by atoms with Crippen molar-refractivity contribution in [3.63, 3.8) is 0 Å². The molecule has 3 aromatic rings. The highest BCUT2D eigenvalue weighted by Crippen LogP contribution is 2.28. The second kappa shape index (κ2) is 8.97. The number of rotatable bonds is 6. The molecule has 1 atom stereocenters. The van der Waals surface area contributed by atoms with Crippen LogP contribution in [0.1, 0.15) is 51.5 Å². The Morgan fingerprint density at radius 1 is 1.18 bits per heavy atom. The molecule has 0 saturated heterocycles. The molecule has 1 amide bonds. The fraction of sp³-hybridized carbons (Fsp3) is 0.318. The van der Waals surface area contributed by atoms with E-state index in [2.05, 4.69) is 41.6 Å². The average Bonchev–Trinajstić information content (AvgIpc) is 3.11. The van der Waals surface area contributed by atoms with Crippen LogP contribution in [-0.2, 0) is 4.79 Å². The highest BCUT2D eigenvalue weighted by atomic mass is 32.1. The van der Waals surface area contributed by atoms with E-state index in [4.69, 9.17) is 16.6 Å². The Hall–Kier alpha value is -2.73. The van der Waals surface area contributed by atoms with E-state index in [1.54, 1.807) is 0 Å². The fourth-order valence-corrected chi connectivity index (χ4v) is 3.12. The Kier molecular flexibility index (Phi) is 6.41. The molecule has 1 heterocycles. The smallest absolute Gasteiger partial charge is 0.227 e. The molecule has 5 nitrogen and oxygen atoms in total. The second-order valence-electron chi connectivity index (χ2n) is 6.89. The van der Waals surface area contributed by atoms with Crippen LogP contribution in [0.5, 0.6) is 0 Å². The first-order valence-corrected chi connectivity index (χ1v) is 10.0. The van der Waals surface area contributed by atoms with E-state index in [-0.39, 0.29) is 5.91 Å². The Labute approximate surface area is 170 Å². The number of benzene rings is 2. The van der Waals surface area contributed by atoms with Gasteiger partial charge in [-0.3, -0.25) is 4.79 Å². The summed E-state index contributed by atoms with van der Waals surface area (Å²) in [7, 11) is 0. The third-order valence-electron chi connectivity index (χ3n) is 4.71. The predicted molar refractivity (Wildman–Crippen MR) is 117 cm³/mol. The minimum atomic E-state index is -0.0835. The molecule has 0 aliphatic carbocycles. The van der Waals surface area contributed by atoms with Gasteiger partial charge in [-0.15, -0.1) is 0 Å². The van der Waals surface area contributed by atoms with Crippen molar-refractivity contribution in [2.45, 2.75) is 46.0 Å². The molecule has 1 aromatic heterocycles. The molecule has 2 N–H and O–H groups in total. The zero-order valence-corrected chi connectivity index (χ0v) is 17.2. The van der Waals surface area contributed by atoms with Crippen LogP contribution < -0.4 is 10.6 Å². The highest BCUT2D eigenvalue weighted by molar-refractivity contribution is 7.80. The number of nitrogens with one attached hydrogen (secondary N) is 2. The lowest BCUT2D eigenvalue weighted by molar-refractivity contribution is -0.119. The van der Waals surface area contributed by atoms with E-state index >= 15 is 0 Å². The summed E-state index contributed by atoms with van der Waals surface area (Å²) in [6.45, 7) is 6.34. The van der Waals surface area contributed by atoms with E-state index in [0.717, 1.165) is 35.2 Å². The molecule has 0 aliphatic heterocycles. The Morgan fingerprint density at radius 2 is 1.93 bits per heavy atom. The van der Waals surface area contributed by atoms with Gasteiger partial charge in [0, 0.05) is 17.7 Å². The molecular weight excluding hydrogens is 370 g/mol. The Balaban J connectivity index is 1.72. The van der Waals surface area contributed by atoms with Crippen LogP contribution in [0.3, 0.4) is 0 Å². The lowest BCUT2D eigenvalue weighted by atomic mass is 9.98. The number of amides is 1. The first kappa shape index (κ1) is 20.0. The standard InChI is InChI=1S/C22H25N3O2S/c1-4-6-20(26)25-22(28)23-17-10-7-15(8-11-17)21-24-18-13-16(14(3)5-2)9-12-19(18)27-21/h7-14H,4-6H2,1-3H3,(H2,23,25,26,28)/t14-/m1/s1. The monoisotopic (exact) mass is 395 g/mol. The van der Waals surface area contributed by atoms with Gasteiger partial charge in [-0.25, -0.2) is 4.98 Å². The van der Waals surface area contributed by atoms with Gasteiger partial charge in [0.25, 0.3) is 0 Å². The van der Waals surface area contributed by atoms with Crippen LogP contribution in [0.15, 0.2) is 46.9 Å². The van der Waals surface area contributed by atoms with Crippen molar-refractivity contribution in [3.8, 4) is 11.5 Å². The normalized spacial score (nSPS) is 12.0. The van der Waals surface area contributed by atoms with Gasteiger partial charge in [0.05, 0.1) is 0 Å². The van der Waals surface area contributed by atoms with Gasteiger partial charge in [-0.2, -0.15) is 0 Å². The maximum absolute atomic E-state index is 11.6. The number of nitrogens with zero attached hydrogens (tertiary/aromatic N) is 1. The van der Waals surface area contributed by atoms with Crippen LogP contribution >= 0.6 is 12.2 Å². The van der Waals surface area contributed by atoms with Gasteiger partial charge in [-0.05, 0) is 72.9 Å². The molecule has 0 unspecified atom stereocenters. The van der Waals surface area contributed by atoms with Gasteiger partial charge in [-0.1, -0.05) is 26.8 Å². The van der Waals surface area contributed by atoms with Crippen LogP contribution in [0, 0.1) is 0 Å². The van der Waals surface area contributed by atoms with E-state index in [9.17, 15) is 4.79 Å². The van der Waals surface area contributed by atoms with Crippen molar-refractivity contribution in [1.29, 1.82) is 0 Å². The number of anilines is 1. The molecule has 28 heavy (non-hydrogen) atoms. The number of oxazole rings is 1. The van der Waals surface area contributed by atoms with Crippen molar-refractivity contribution in [3.05, 3.63) is 48.0 Å². The zero-order valence-electron chi connectivity index (χ0n) is 16.4. The summed E-state index contributed by atoms with van der Waals surface area (Å²) >= 11 is 5.17. The molecule has 0 fully saturated rings. The lowest BCUT2D eigenvalue weighted by Crippen LogP contribution is -2.33. The molecule has 0 bridgehead atoms. The lowest BCUT2D eigenvalue weighted by Gasteiger charge is -2.09. The molecule has 2 aromatic carbocycles. The van der Waals surface area contributed by atoms with Gasteiger partial charge in [0.1, 0.15) is 5.52 Å². The molecule has 146 valence electrons. The van der Waals surface area contributed by atoms with Crippen LogP contribution in [0.2, 0.25) is 0 Å². The summed E-state index contributed by atoms with van der Waals surface area (Å²) in [6.07, 6.45) is 2.33. The summed E-state index contributed by atoms with van der Waals surface area (Å²) in [5.74, 6) is 0.998. The number of hydrogen-bond donors (Lipinski definition) is 2. The Bertz CT molecular complexity index is 979. The Morgan fingerprint density at radius 3 is 2.61 bits per heavy atom. The molecule has 0 saturated carbocycles. The van der Waals surface area contributed by atoms with Gasteiger partial charge in [0.15, 0.2) is 10.7 Å². The van der Waals surface area contributed by atoms with Crippen LogP contribution in [-0.4, -0.2) is 16.0 Å². The number of carbonyl (C=O) groups excluding carboxylic acids is 1. The van der Waals surface area contributed by atoms with Crippen molar-refractivity contribution in [1.82, 2.24) is 10.3 Å². The molecule has 3 rings (SSSR count). The summed E-state index contributed by atoms with van der Waals surface area (Å²) in [5.41, 5.74) is 4.60. The molecular formula is C22H25N3O2S. The first-order valence-electron chi connectivity index (χ1n) is 9.62. The van der Waals surface area contributed by atoms with E-state index in [0.29, 0.717) is 23.3 Å². The topological polar surface area (TPSA) is 67.2 Å². The highest BCUT2D eigenvalue weighted by Gasteiger charge is 2.11. The number of thiocarbonyl (C=S) groups is 1. The van der Waals surface area contributed by atoms with Crippen molar-refractivity contribution in [2.75, 3.05) is 5.32 Å².